The summed E-state index contributed by atoms with van der Waals surface area (Å²) in [5, 5.41) is 0.776. The van der Waals surface area contributed by atoms with Crippen LogP contribution in [0.4, 0.5) is 11.5 Å². The van der Waals surface area contributed by atoms with E-state index in [1.165, 1.54) is 24.1 Å². The molecule has 3 rings (SSSR count). The van der Waals surface area contributed by atoms with Gasteiger partial charge in [-0.15, -0.1) is 0 Å². The molecule has 0 saturated heterocycles. The van der Waals surface area contributed by atoms with Crippen LogP contribution in [0.5, 0.6) is 0 Å². The number of benzene rings is 1. The highest BCUT2D eigenvalue weighted by Gasteiger charge is 2.15. The number of hydrogen-bond acceptors (Lipinski definition) is 5. The van der Waals surface area contributed by atoms with Gasteiger partial charge >= 0.3 is 0 Å². The molecule has 2 aromatic rings. The van der Waals surface area contributed by atoms with Gasteiger partial charge in [-0.1, -0.05) is 30.0 Å². The van der Waals surface area contributed by atoms with Gasteiger partial charge in [0.15, 0.2) is 5.16 Å². The van der Waals surface area contributed by atoms with Crippen LogP contribution in [0.15, 0.2) is 35.5 Å². The summed E-state index contributed by atoms with van der Waals surface area (Å²) in [5.74, 6) is 1.52. The molecule has 1 aliphatic heterocycles. The van der Waals surface area contributed by atoms with Crippen molar-refractivity contribution in [2.24, 2.45) is 0 Å². The van der Waals surface area contributed by atoms with E-state index in [1.807, 2.05) is 6.92 Å². The third-order valence-corrected chi connectivity index (χ3v) is 4.48. The second-order valence-electron chi connectivity index (χ2n) is 5.28. The molecule has 0 radical (unpaired) electrons. The minimum Gasteiger partial charge on any atom is -0.384 e. The van der Waals surface area contributed by atoms with Crippen molar-refractivity contribution in [3.05, 3.63) is 41.6 Å². The molecule has 0 fully saturated rings. The Morgan fingerprint density at radius 3 is 3.00 bits per heavy atom. The maximum absolute atomic E-state index is 5.76. The predicted molar refractivity (Wildman–Crippen MR) is 88.9 cm³/mol. The largest absolute Gasteiger partial charge is 0.384 e. The first-order valence-electron chi connectivity index (χ1n) is 7.29. The minimum atomic E-state index is 0.549. The van der Waals surface area contributed by atoms with Crippen LogP contribution in [0.25, 0.3) is 0 Å². The fraction of sp³-hybridized carbons (Fsp3) is 0.375. The van der Waals surface area contributed by atoms with Crippen LogP contribution < -0.4 is 10.6 Å². The number of aromatic nitrogens is 2. The first kappa shape index (κ1) is 14.2. The number of fused-ring (bicyclic) bond motifs is 1. The van der Waals surface area contributed by atoms with Gasteiger partial charge in [0.25, 0.3) is 0 Å². The van der Waals surface area contributed by atoms with Crippen molar-refractivity contribution >= 4 is 23.3 Å². The Hall–Kier alpha value is -1.75. The number of para-hydroxylation sites is 1. The molecule has 0 bridgehead atoms. The van der Waals surface area contributed by atoms with Gasteiger partial charge in [0.1, 0.15) is 5.82 Å². The Bertz CT molecular complexity index is 609. The number of anilines is 2. The second-order valence-corrected chi connectivity index (χ2v) is 6.35. The number of rotatable bonds is 4. The zero-order chi connectivity index (χ0) is 14.7. The van der Waals surface area contributed by atoms with Gasteiger partial charge in [0.05, 0.1) is 0 Å². The normalized spacial score (nSPS) is 14.0. The van der Waals surface area contributed by atoms with E-state index < -0.39 is 0 Å². The van der Waals surface area contributed by atoms with Crippen molar-refractivity contribution < 1.29 is 0 Å². The van der Waals surface area contributed by atoms with Gasteiger partial charge in [0.2, 0.25) is 0 Å². The van der Waals surface area contributed by atoms with Crippen molar-refractivity contribution in [3.8, 4) is 0 Å². The standard InChI is InChI=1S/C16H20N4S/c1-12-11-15(17)19-16(18-12)21-10-9-20-8-4-6-13-5-2-3-7-14(13)20/h2-3,5,7,11H,4,6,8-10H2,1H3,(H2,17,18,19). The smallest absolute Gasteiger partial charge is 0.189 e. The number of nitrogen functional groups attached to an aromatic ring is 1. The van der Waals surface area contributed by atoms with E-state index in [2.05, 4.69) is 39.1 Å². The molecule has 4 nitrogen and oxygen atoms in total. The summed E-state index contributed by atoms with van der Waals surface area (Å²) in [4.78, 5) is 11.1. The van der Waals surface area contributed by atoms with Crippen LogP contribution in [0.3, 0.4) is 0 Å². The molecular weight excluding hydrogens is 280 g/mol. The molecule has 2 heterocycles. The average Bonchev–Trinajstić information content (AvgIpc) is 2.46. The second kappa shape index (κ2) is 6.35. The summed E-state index contributed by atoms with van der Waals surface area (Å²) in [6.45, 7) is 4.09. The molecule has 1 aromatic heterocycles. The summed E-state index contributed by atoms with van der Waals surface area (Å²) in [6.07, 6.45) is 2.42. The van der Waals surface area contributed by atoms with Gasteiger partial charge in [0, 0.05) is 36.3 Å². The number of nitrogens with zero attached hydrogens (tertiary/aromatic N) is 3. The maximum atomic E-state index is 5.76. The first-order valence-corrected chi connectivity index (χ1v) is 8.28. The summed E-state index contributed by atoms with van der Waals surface area (Å²) in [7, 11) is 0. The van der Waals surface area contributed by atoms with E-state index in [-0.39, 0.29) is 0 Å². The lowest BCUT2D eigenvalue weighted by Gasteiger charge is -2.31. The number of nitrogens with two attached hydrogens (primary N) is 1. The Morgan fingerprint density at radius 1 is 1.29 bits per heavy atom. The number of hydrogen-bond donors (Lipinski definition) is 1. The van der Waals surface area contributed by atoms with Crippen molar-refractivity contribution in [3.63, 3.8) is 0 Å². The van der Waals surface area contributed by atoms with Gasteiger partial charge < -0.3 is 10.6 Å². The lowest BCUT2D eigenvalue weighted by atomic mass is 10.0. The topological polar surface area (TPSA) is 55.0 Å². The molecule has 0 amide bonds. The molecule has 1 aliphatic rings. The van der Waals surface area contributed by atoms with E-state index in [1.54, 1.807) is 17.8 Å². The molecule has 2 N–H and O–H groups in total. The fourth-order valence-electron chi connectivity index (χ4n) is 2.72. The predicted octanol–water partition coefficient (Wildman–Crippen LogP) is 2.91. The number of aryl methyl sites for hydroxylation is 2. The van der Waals surface area contributed by atoms with Gasteiger partial charge in [-0.2, -0.15) is 0 Å². The molecule has 0 unspecified atom stereocenters. The SMILES string of the molecule is Cc1cc(N)nc(SCCN2CCCc3ccccc32)n1. The maximum Gasteiger partial charge on any atom is 0.189 e. The zero-order valence-corrected chi connectivity index (χ0v) is 13.1. The Balaban J connectivity index is 1.61. The summed E-state index contributed by atoms with van der Waals surface area (Å²) in [6, 6.07) is 10.5. The lowest BCUT2D eigenvalue weighted by molar-refractivity contribution is 0.710. The van der Waals surface area contributed by atoms with Crippen LogP contribution >= 0.6 is 11.8 Å². The van der Waals surface area contributed by atoms with Crippen molar-refractivity contribution in [1.82, 2.24) is 9.97 Å². The van der Waals surface area contributed by atoms with Crippen molar-refractivity contribution in [2.75, 3.05) is 29.5 Å². The van der Waals surface area contributed by atoms with Crippen LogP contribution in [-0.4, -0.2) is 28.8 Å². The van der Waals surface area contributed by atoms with E-state index >= 15 is 0 Å². The van der Waals surface area contributed by atoms with E-state index in [9.17, 15) is 0 Å². The van der Waals surface area contributed by atoms with Gasteiger partial charge in [-0.05, 0) is 31.4 Å². The van der Waals surface area contributed by atoms with E-state index in [0.29, 0.717) is 5.82 Å². The molecule has 5 heteroatoms. The van der Waals surface area contributed by atoms with Crippen LogP contribution in [0.1, 0.15) is 17.7 Å². The Kier molecular flexibility index (Phi) is 4.29. The van der Waals surface area contributed by atoms with Gasteiger partial charge in [-0.25, -0.2) is 9.97 Å². The lowest BCUT2D eigenvalue weighted by Crippen LogP contribution is -2.31. The molecule has 1 aromatic carbocycles. The fourth-order valence-corrected chi connectivity index (χ4v) is 3.59. The highest BCUT2D eigenvalue weighted by Crippen LogP contribution is 2.27. The van der Waals surface area contributed by atoms with Crippen LogP contribution in [0.2, 0.25) is 0 Å². The quantitative estimate of drug-likeness (QED) is 0.695. The van der Waals surface area contributed by atoms with Crippen molar-refractivity contribution in [1.29, 1.82) is 0 Å². The van der Waals surface area contributed by atoms with E-state index in [0.717, 1.165) is 29.7 Å². The third kappa shape index (κ3) is 3.47. The molecule has 0 atom stereocenters. The first-order chi connectivity index (χ1) is 10.2. The summed E-state index contributed by atoms with van der Waals surface area (Å²) >= 11 is 1.67. The molecule has 0 saturated carbocycles. The van der Waals surface area contributed by atoms with Crippen molar-refractivity contribution in [2.45, 2.75) is 24.9 Å². The van der Waals surface area contributed by atoms with Crippen LogP contribution in [0, 0.1) is 6.92 Å². The molecule has 110 valence electrons. The monoisotopic (exact) mass is 300 g/mol. The molecule has 0 spiro atoms. The van der Waals surface area contributed by atoms with E-state index in [4.69, 9.17) is 5.73 Å². The molecule has 21 heavy (non-hydrogen) atoms. The highest BCUT2D eigenvalue weighted by atomic mass is 32.2. The summed E-state index contributed by atoms with van der Waals surface area (Å²) in [5.41, 5.74) is 9.53. The average molecular weight is 300 g/mol. The van der Waals surface area contributed by atoms with Gasteiger partial charge in [-0.3, -0.25) is 0 Å². The Morgan fingerprint density at radius 2 is 2.14 bits per heavy atom. The Labute approximate surface area is 129 Å². The molecular formula is C16H20N4S. The number of thioether (sulfide) groups is 1. The third-order valence-electron chi connectivity index (χ3n) is 3.65. The highest BCUT2D eigenvalue weighted by molar-refractivity contribution is 7.99. The minimum absolute atomic E-state index is 0.549. The zero-order valence-electron chi connectivity index (χ0n) is 12.2. The molecule has 0 aliphatic carbocycles. The summed E-state index contributed by atoms with van der Waals surface area (Å²) < 4.78 is 0. The van der Waals surface area contributed by atoms with Crippen LogP contribution in [-0.2, 0) is 6.42 Å².